The summed E-state index contributed by atoms with van der Waals surface area (Å²) in [6, 6.07) is 5.93. The van der Waals surface area contributed by atoms with Gasteiger partial charge in [-0.1, -0.05) is 19.1 Å². The van der Waals surface area contributed by atoms with Crippen molar-refractivity contribution >= 4 is 35.8 Å². The van der Waals surface area contributed by atoms with Gasteiger partial charge >= 0.3 is 0 Å². The molecule has 1 aromatic carbocycles. The van der Waals surface area contributed by atoms with Crippen molar-refractivity contribution < 1.29 is 9.18 Å². The predicted octanol–water partition coefficient (Wildman–Crippen LogP) is 1.51. The van der Waals surface area contributed by atoms with Gasteiger partial charge < -0.3 is 20.5 Å². The Balaban J connectivity index is 0.00000420. The van der Waals surface area contributed by atoms with Crippen molar-refractivity contribution in [2.24, 2.45) is 4.99 Å². The standard InChI is InChI=1S/C19H28FN7O.HI/c1-3-17-26-25-14-27(17)12-11-24-19(21-4-2)23-10-9-22-18(28)13-15-5-7-16(20)8-6-15;/h5-8,14H,3-4,9-13H2,1-2H3,(H,22,28)(H2,21,23,24);1H. The minimum absolute atomic E-state index is 0. The number of hydrogen-bond acceptors (Lipinski definition) is 4. The van der Waals surface area contributed by atoms with Crippen molar-refractivity contribution in [1.29, 1.82) is 0 Å². The number of aliphatic imine (C=N–C) groups is 1. The zero-order chi connectivity index (χ0) is 20.2. The lowest BCUT2D eigenvalue weighted by Gasteiger charge is -2.12. The van der Waals surface area contributed by atoms with E-state index >= 15 is 0 Å². The highest BCUT2D eigenvalue weighted by Gasteiger charge is 2.04. The summed E-state index contributed by atoms with van der Waals surface area (Å²) in [5, 5.41) is 17.2. The van der Waals surface area contributed by atoms with Gasteiger partial charge in [0.05, 0.1) is 13.0 Å². The number of rotatable bonds is 10. The molecule has 0 unspecified atom stereocenters. The van der Waals surface area contributed by atoms with Crippen LogP contribution in [0.3, 0.4) is 0 Å². The molecule has 0 aliphatic rings. The lowest BCUT2D eigenvalue weighted by atomic mass is 10.1. The Labute approximate surface area is 187 Å². The fraction of sp³-hybridized carbons (Fsp3) is 0.474. The summed E-state index contributed by atoms with van der Waals surface area (Å²) in [5.41, 5.74) is 0.776. The van der Waals surface area contributed by atoms with Crippen molar-refractivity contribution in [1.82, 2.24) is 30.7 Å². The van der Waals surface area contributed by atoms with Gasteiger partial charge in [-0.25, -0.2) is 4.39 Å². The number of hydrogen-bond donors (Lipinski definition) is 3. The third kappa shape index (κ3) is 9.20. The van der Waals surface area contributed by atoms with Gasteiger partial charge in [0, 0.05) is 32.6 Å². The molecule has 0 bridgehead atoms. The van der Waals surface area contributed by atoms with Crippen molar-refractivity contribution in [3.8, 4) is 0 Å². The second-order valence-corrected chi connectivity index (χ2v) is 6.13. The molecule has 0 spiro atoms. The molecular weight excluding hydrogens is 488 g/mol. The van der Waals surface area contributed by atoms with Gasteiger partial charge in [-0.2, -0.15) is 0 Å². The first-order valence-electron chi connectivity index (χ1n) is 9.52. The van der Waals surface area contributed by atoms with Crippen LogP contribution in [0.2, 0.25) is 0 Å². The van der Waals surface area contributed by atoms with Gasteiger partial charge in [0.2, 0.25) is 5.91 Å². The summed E-state index contributed by atoms with van der Waals surface area (Å²) in [6.07, 6.45) is 2.79. The number of carbonyl (C=O) groups excluding carboxylic acids is 1. The van der Waals surface area contributed by atoms with Gasteiger partial charge in [0.15, 0.2) is 5.96 Å². The van der Waals surface area contributed by atoms with Crippen LogP contribution in [0.5, 0.6) is 0 Å². The van der Waals surface area contributed by atoms with Crippen molar-refractivity contribution in [2.75, 3.05) is 26.2 Å². The average molecular weight is 517 g/mol. The molecule has 1 amide bonds. The Kier molecular flexibility index (Phi) is 11.8. The van der Waals surface area contributed by atoms with Crippen LogP contribution in [0.25, 0.3) is 0 Å². The van der Waals surface area contributed by atoms with Crippen LogP contribution in [0.4, 0.5) is 4.39 Å². The van der Waals surface area contributed by atoms with Crippen molar-refractivity contribution in [3.05, 3.63) is 47.8 Å². The van der Waals surface area contributed by atoms with Crippen LogP contribution < -0.4 is 16.0 Å². The predicted molar refractivity (Wildman–Crippen MR) is 122 cm³/mol. The van der Waals surface area contributed by atoms with Gasteiger partial charge in [-0.05, 0) is 24.6 Å². The molecule has 0 aliphatic carbocycles. The van der Waals surface area contributed by atoms with Crippen LogP contribution in [-0.4, -0.2) is 52.8 Å². The Morgan fingerprint density at radius 2 is 1.90 bits per heavy atom. The van der Waals surface area contributed by atoms with E-state index in [-0.39, 0.29) is 42.1 Å². The first-order valence-corrected chi connectivity index (χ1v) is 9.52. The molecule has 0 aliphatic heterocycles. The van der Waals surface area contributed by atoms with Crippen LogP contribution in [0.15, 0.2) is 35.6 Å². The van der Waals surface area contributed by atoms with E-state index in [1.807, 2.05) is 18.4 Å². The number of carbonyl (C=O) groups is 1. The lowest BCUT2D eigenvalue weighted by Crippen LogP contribution is -2.39. The molecule has 0 radical (unpaired) electrons. The highest BCUT2D eigenvalue weighted by atomic mass is 127. The summed E-state index contributed by atoms with van der Waals surface area (Å²) < 4.78 is 14.9. The molecule has 1 heterocycles. The van der Waals surface area contributed by atoms with E-state index in [0.717, 1.165) is 30.9 Å². The highest BCUT2D eigenvalue weighted by molar-refractivity contribution is 14.0. The second-order valence-electron chi connectivity index (χ2n) is 6.13. The molecule has 0 atom stereocenters. The number of guanidine groups is 1. The largest absolute Gasteiger partial charge is 0.357 e. The fourth-order valence-corrected chi connectivity index (χ4v) is 2.59. The lowest BCUT2D eigenvalue weighted by molar-refractivity contribution is -0.120. The quantitative estimate of drug-likeness (QED) is 0.192. The van der Waals surface area contributed by atoms with Gasteiger partial charge in [0.1, 0.15) is 18.0 Å². The van der Waals surface area contributed by atoms with Crippen LogP contribution >= 0.6 is 24.0 Å². The fourth-order valence-electron chi connectivity index (χ4n) is 2.59. The zero-order valence-electron chi connectivity index (χ0n) is 16.8. The summed E-state index contributed by atoms with van der Waals surface area (Å²) >= 11 is 0. The molecule has 160 valence electrons. The Hall–Kier alpha value is -2.24. The first kappa shape index (κ1) is 24.8. The highest BCUT2D eigenvalue weighted by Crippen LogP contribution is 2.03. The Morgan fingerprint density at radius 3 is 2.59 bits per heavy atom. The van der Waals surface area contributed by atoms with Crippen LogP contribution in [-0.2, 0) is 24.2 Å². The number of amides is 1. The smallest absolute Gasteiger partial charge is 0.224 e. The summed E-state index contributed by atoms with van der Waals surface area (Å²) in [7, 11) is 0. The Morgan fingerprint density at radius 1 is 1.14 bits per heavy atom. The number of nitrogens with zero attached hydrogens (tertiary/aromatic N) is 4. The van der Waals surface area contributed by atoms with Crippen molar-refractivity contribution in [2.45, 2.75) is 33.2 Å². The molecule has 29 heavy (non-hydrogen) atoms. The van der Waals surface area contributed by atoms with Gasteiger partial charge in [-0.3, -0.25) is 9.79 Å². The zero-order valence-corrected chi connectivity index (χ0v) is 19.2. The van der Waals surface area contributed by atoms with E-state index in [0.29, 0.717) is 25.6 Å². The summed E-state index contributed by atoms with van der Waals surface area (Å²) in [4.78, 5) is 16.4. The number of benzene rings is 1. The Bertz CT molecular complexity index is 764. The van der Waals surface area contributed by atoms with Crippen LogP contribution in [0.1, 0.15) is 25.2 Å². The maximum absolute atomic E-state index is 12.9. The molecule has 8 nitrogen and oxygen atoms in total. The van der Waals surface area contributed by atoms with Crippen molar-refractivity contribution in [3.63, 3.8) is 0 Å². The molecule has 1 aromatic heterocycles. The first-order chi connectivity index (χ1) is 13.6. The molecule has 0 fully saturated rings. The normalized spacial score (nSPS) is 10.9. The molecule has 3 N–H and O–H groups in total. The third-order valence-electron chi connectivity index (χ3n) is 3.98. The molecule has 10 heteroatoms. The average Bonchev–Trinajstić information content (AvgIpc) is 3.14. The minimum Gasteiger partial charge on any atom is -0.357 e. The summed E-state index contributed by atoms with van der Waals surface area (Å²) in [5.74, 6) is 1.23. The number of halogens is 2. The van der Waals surface area contributed by atoms with Gasteiger partial charge in [-0.15, -0.1) is 34.2 Å². The maximum atomic E-state index is 12.9. The molecule has 0 saturated heterocycles. The molecule has 2 aromatic rings. The number of nitrogens with one attached hydrogen (secondary N) is 3. The van der Waals surface area contributed by atoms with E-state index < -0.39 is 0 Å². The minimum atomic E-state index is -0.308. The summed E-state index contributed by atoms with van der Waals surface area (Å²) in [6.45, 7) is 7.11. The van der Waals surface area contributed by atoms with E-state index in [4.69, 9.17) is 0 Å². The van der Waals surface area contributed by atoms with Gasteiger partial charge in [0.25, 0.3) is 0 Å². The topological polar surface area (TPSA) is 96.2 Å². The van der Waals surface area contributed by atoms with Crippen LogP contribution in [0, 0.1) is 5.82 Å². The molecule has 2 rings (SSSR count). The SMILES string of the molecule is CCNC(=NCCNC(=O)Cc1ccc(F)cc1)NCCn1cnnc1CC.I. The number of aryl methyl sites for hydroxylation is 1. The second kappa shape index (κ2) is 13.9. The van der Waals surface area contributed by atoms with E-state index in [9.17, 15) is 9.18 Å². The third-order valence-corrected chi connectivity index (χ3v) is 3.98. The molecule has 0 saturated carbocycles. The van der Waals surface area contributed by atoms with E-state index in [1.165, 1.54) is 12.1 Å². The number of aromatic nitrogens is 3. The van der Waals surface area contributed by atoms with E-state index in [1.54, 1.807) is 18.5 Å². The maximum Gasteiger partial charge on any atom is 0.224 e. The monoisotopic (exact) mass is 517 g/mol. The van der Waals surface area contributed by atoms with E-state index in [2.05, 4.69) is 31.1 Å². The molecular formula is C19H29FIN7O.